The molecule has 2 fully saturated rings. The maximum Gasteiger partial charge on any atom is 0.253 e. The molecule has 1 spiro atoms. The summed E-state index contributed by atoms with van der Waals surface area (Å²) in [4.78, 5) is 22.0. The van der Waals surface area contributed by atoms with E-state index in [-0.39, 0.29) is 12.5 Å². The SMILES string of the molecule is Cc1ccc(N2C[C@]3(COCCN(Cc4cccnc4)C3)OCC2=O)s1. The van der Waals surface area contributed by atoms with Crippen molar-refractivity contribution < 1.29 is 14.3 Å². The number of aromatic nitrogens is 1. The van der Waals surface area contributed by atoms with Gasteiger partial charge in [0.15, 0.2) is 0 Å². The summed E-state index contributed by atoms with van der Waals surface area (Å²) in [6.45, 7) is 6.22. The lowest BCUT2D eigenvalue weighted by atomic mass is 10.0. The molecule has 2 saturated heterocycles. The summed E-state index contributed by atoms with van der Waals surface area (Å²) in [5.74, 6) is 0.0144. The third-order valence-electron chi connectivity index (χ3n) is 4.80. The molecule has 4 rings (SSSR count). The molecule has 2 aromatic heterocycles. The molecule has 0 saturated carbocycles. The van der Waals surface area contributed by atoms with Gasteiger partial charge in [0.2, 0.25) is 0 Å². The lowest BCUT2D eigenvalue weighted by Crippen LogP contribution is -2.60. The molecule has 4 heterocycles. The van der Waals surface area contributed by atoms with Crippen LogP contribution in [-0.2, 0) is 20.8 Å². The van der Waals surface area contributed by atoms with Gasteiger partial charge in [-0.1, -0.05) is 6.07 Å². The summed E-state index contributed by atoms with van der Waals surface area (Å²) >= 11 is 1.64. The van der Waals surface area contributed by atoms with Crippen LogP contribution < -0.4 is 4.90 Å². The van der Waals surface area contributed by atoms with Gasteiger partial charge in [-0.25, -0.2) is 0 Å². The van der Waals surface area contributed by atoms with Gasteiger partial charge in [0.05, 0.1) is 24.8 Å². The Morgan fingerprint density at radius 3 is 3.00 bits per heavy atom. The zero-order valence-electron chi connectivity index (χ0n) is 14.9. The molecule has 7 heteroatoms. The van der Waals surface area contributed by atoms with E-state index < -0.39 is 5.60 Å². The third kappa shape index (κ3) is 3.81. The van der Waals surface area contributed by atoms with E-state index in [4.69, 9.17) is 9.47 Å². The number of anilines is 1. The number of rotatable bonds is 3. The van der Waals surface area contributed by atoms with E-state index in [0.717, 1.165) is 24.6 Å². The number of morpholine rings is 1. The van der Waals surface area contributed by atoms with Crippen LogP contribution in [0.2, 0.25) is 0 Å². The van der Waals surface area contributed by atoms with Crippen LogP contribution in [0.5, 0.6) is 0 Å². The van der Waals surface area contributed by atoms with Crippen LogP contribution in [0.15, 0.2) is 36.7 Å². The van der Waals surface area contributed by atoms with Crippen molar-refractivity contribution in [3.8, 4) is 0 Å². The van der Waals surface area contributed by atoms with Gasteiger partial charge in [-0.15, -0.1) is 11.3 Å². The molecule has 6 nitrogen and oxygen atoms in total. The Balaban J connectivity index is 1.52. The third-order valence-corrected chi connectivity index (χ3v) is 5.82. The molecular formula is C19H23N3O3S. The Morgan fingerprint density at radius 1 is 1.31 bits per heavy atom. The van der Waals surface area contributed by atoms with Gasteiger partial charge >= 0.3 is 0 Å². The zero-order chi connectivity index (χ0) is 18.0. The first-order valence-corrected chi connectivity index (χ1v) is 9.65. The summed E-state index contributed by atoms with van der Waals surface area (Å²) in [5, 5.41) is 0.984. The first-order valence-electron chi connectivity index (χ1n) is 8.83. The Labute approximate surface area is 157 Å². The number of carbonyl (C=O) groups is 1. The highest BCUT2D eigenvalue weighted by molar-refractivity contribution is 7.16. The summed E-state index contributed by atoms with van der Waals surface area (Å²) in [6, 6.07) is 8.10. The number of nitrogens with zero attached hydrogens (tertiary/aromatic N) is 3. The minimum Gasteiger partial charge on any atom is -0.377 e. The number of aryl methyl sites for hydroxylation is 1. The molecule has 0 aromatic carbocycles. The minimum absolute atomic E-state index is 0.0144. The van der Waals surface area contributed by atoms with Crippen molar-refractivity contribution in [1.29, 1.82) is 0 Å². The molecule has 2 aromatic rings. The van der Waals surface area contributed by atoms with Crippen LogP contribution in [0.4, 0.5) is 5.00 Å². The van der Waals surface area contributed by atoms with E-state index in [2.05, 4.69) is 22.9 Å². The van der Waals surface area contributed by atoms with Crippen LogP contribution in [0, 0.1) is 6.92 Å². The Hall–Kier alpha value is -1.80. The fraction of sp³-hybridized carbons (Fsp3) is 0.474. The normalized spacial score (nSPS) is 24.8. The number of ether oxygens (including phenoxy) is 2. The summed E-state index contributed by atoms with van der Waals surface area (Å²) in [7, 11) is 0. The molecule has 138 valence electrons. The smallest absolute Gasteiger partial charge is 0.253 e. The van der Waals surface area contributed by atoms with Crippen LogP contribution in [-0.4, -0.2) is 60.8 Å². The second-order valence-corrected chi connectivity index (χ2v) is 8.23. The molecule has 0 unspecified atom stereocenters. The van der Waals surface area contributed by atoms with Gasteiger partial charge in [-0.2, -0.15) is 0 Å². The topological polar surface area (TPSA) is 54.9 Å². The number of thiophene rings is 1. The van der Waals surface area contributed by atoms with Crippen molar-refractivity contribution in [3.05, 3.63) is 47.1 Å². The van der Waals surface area contributed by atoms with Gasteiger partial charge in [-0.05, 0) is 30.7 Å². The quantitative estimate of drug-likeness (QED) is 0.825. The number of carbonyl (C=O) groups excluding carboxylic acids is 1. The summed E-state index contributed by atoms with van der Waals surface area (Å²) in [5.41, 5.74) is 0.673. The van der Waals surface area contributed by atoms with E-state index in [1.807, 2.05) is 29.3 Å². The molecule has 26 heavy (non-hydrogen) atoms. The maximum atomic E-state index is 12.4. The predicted octanol–water partition coefficient (Wildman–Crippen LogP) is 2.09. The monoisotopic (exact) mass is 373 g/mol. The minimum atomic E-state index is -0.496. The Morgan fingerprint density at radius 2 is 2.23 bits per heavy atom. The fourth-order valence-electron chi connectivity index (χ4n) is 3.53. The highest BCUT2D eigenvalue weighted by atomic mass is 32.1. The zero-order valence-corrected chi connectivity index (χ0v) is 15.7. The highest BCUT2D eigenvalue weighted by Crippen LogP contribution is 2.31. The second kappa shape index (κ2) is 7.44. The number of hydrogen-bond donors (Lipinski definition) is 0. The predicted molar refractivity (Wildman–Crippen MR) is 100 cm³/mol. The number of hydrogen-bond acceptors (Lipinski definition) is 6. The van der Waals surface area contributed by atoms with Gasteiger partial charge in [-0.3, -0.25) is 19.6 Å². The molecule has 2 aliphatic heterocycles. The lowest BCUT2D eigenvalue weighted by Gasteiger charge is -2.42. The van der Waals surface area contributed by atoms with Gasteiger partial charge in [0.25, 0.3) is 5.91 Å². The van der Waals surface area contributed by atoms with E-state index >= 15 is 0 Å². The van der Waals surface area contributed by atoms with Crippen molar-refractivity contribution in [3.63, 3.8) is 0 Å². The van der Waals surface area contributed by atoms with Crippen molar-refractivity contribution in [1.82, 2.24) is 9.88 Å². The molecule has 0 aliphatic carbocycles. The standard InChI is InChI=1S/C19H23N3O3S/c1-15-4-5-18(26-15)22-13-19(25-11-17(22)23)12-21(7-8-24-14-19)10-16-3-2-6-20-9-16/h2-6,9H,7-8,10-14H2,1H3/t19-/m1/s1. The Kier molecular flexibility index (Phi) is 5.04. The molecule has 0 bridgehead atoms. The van der Waals surface area contributed by atoms with Crippen LogP contribution in [0.1, 0.15) is 10.4 Å². The van der Waals surface area contributed by atoms with Crippen LogP contribution >= 0.6 is 11.3 Å². The average molecular weight is 373 g/mol. The maximum absolute atomic E-state index is 12.4. The number of amides is 1. The lowest BCUT2D eigenvalue weighted by molar-refractivity contribution is -0.146. The first-order chi connectivity index (χ1) is 12.6. The van der Waals surface area contributed by atoms with Crippen molar-refractivity contribution in [2.24, 2.45) is 0 Å². The summed E-state index contributed by atoms with van der Waals surface area (Å²) in [6.07, 6.45) is 3.68. The van der Waals surface area contributed by atoms with Crippen molar-refractivity contribution in [2.75, 3.05) is 44.4 Å². The van der Waals surface area contributed by atoms with Gasteiger partial charge < -0.3 is 9.47 Å². The van der Waals surface area contributed by atoms with Crippen molar-refractivity contribution >= 4 is 22.2 Å². The largest absolute Gasteiger partial charge is 0.377 e. The molecule has 2 aliphatic rings. The van der Waals surface area contributed by atoms with Gasteiger partial charge in [0, 0.05) is 36.9 Å². The van der Waals surface area contributed by atoms with Crippen LogP contribution in [0.25, 0.3) is 0 Å². The molecule has 0 N–H and O–H groups in total. The van der Waals surface area contributed by atoms with E-state index in [0.29, 0.717) is 19.8 Å². The average Bonchev–Trinajstić information content (AvgIpc) is 2.98. The first kappa shape index (κ1) is 17.6. The molecule has 1 amide bonds. The van der Waals surface area contributed by atoms with E-state index in [1.54, 1.807) is 17.5 Å². The van der Waals surface area contributed by atoms with E-state index in [9.17, 15) is 4.79 Å². The fourth-order valence-corrected chi connectivity index (χ4v) is 4.41. The van der Waals surface area contributed by atoms with Crippen LogP contribution in [0.3, 0.4) is 0 Å². The number of pyridine rings is 1. The van der Waals surface area contributed by atoms with Gasteiger partial charge in [0.1, 0.15) is 12.2 Å². The second-order valence-electron chi connectivity index (χ2n) is 6.96. The summed E-state index contributed by atoms with van der Waals surface area (Å²) < 4.78 is 11.9. The van der Waals surface area contributed by atoms with E-state index in [1.165, 1.54) is 10.4 Å². The molecular weight excluding hydrogens is 350 g/mol. The van der Waals surface area contributed by atoms with Crippen molar-refractivity contribution in [2.45, 2.75) is 19.1 Å². The molecule has 1 atom stereocenters. The Bertz CT molecular complexity index is 766. The molecule has 0 radical (unpaired) electrons. The highest BCUT2D eigenvalue weighted by Gasteiger charge is 2.43.